The molecule has 0 bridgehead atoms. The predicted octanol–water partition coefficient (Wildman–Crippen LogP) is 2.91. The van der Waals surface area contributed by atoms with Crippen LogP contribution in [0.2, 0.25) is 0 Å². The maximum Gasteiger partial charge on any atom is 0.416 e. The molecular formula is C15H12F3N3O3S. The Morgan fingerprint density at radius 2 is 1.96 bits per heavy atom. The van der Waals surface area contributed by atoms with Gasteiger partial charge in [-0.2, -0.15) is 13.2 Å². The van der Waals surface area contributed by atoms with Gasteiger partial charge in [0.05, 0.1) is 23.2 Å². The van der Waals surface area contributed by atoms with Crippen molar-refractivity contribution in [3.63, 3.8) is 0 Å². The monoisotopic (exact) mass is 371 g/mol. The van der Waals surface area contributed by atoms with Gasteiger partial charge < -0.3 is 5.11 Å². The Labute approximate surface area is 140 Å². The van der Waals surface area contributed by atoms with E-state index in [9.17, 15) is 26.7 Å². The smallest absolute Gasteiger partial charge is 0.416 e. The molecule has 25 heavy (non-hydrogen) atoms. The number of pyridine rings is 2. The first kappa shape index (κ1) is 17.2. The van der Waals surface area contributed by atoms with E-state index in [1.54, 1.807) is 0 Å². The first-order valence-electron chi connectivity index (χ1n) is 7.11. The number of sulfone groups is 1. The summed E-state index contributed by atoms with van der Waals surface area (Å²) in [4.78, 5) is 7.95. The van der Waals surface area contributed by atoms with Gasteiger partial charge in [0, 0.05) is 6.20 Å². The lowest BCUT2D eigenvalue weighted by molar-refractivity contribution is -0.137. The normalized spacial score (nSPS) is 12.6. The van der Waals surface area contributed by atoms with E-state index < -0.39 is 21.6 Å². The van der Waals surface area contributed by atoms with Crippen LogP contribution < -0.4 is 0 Å². The number of rotatable bonds is 3. The van der Waals surface area contributed by atoms with Crippen molar-refractivity contribution in [3.05, 3.63) is 42.2 Å². The molecule has 1 N–H and O–H groups in total. The number of halogens is 3. The number of imidazole rings is 1. The molecule has 0 aliphatic carbocycles. The Kier molecular flexibility index (Phi) is 3.94. The van der Waals surface area contributed by atoms with Gasteiger partial charge in [-0.3, -0.25) is 9.38 Å². The average Bonchev–Trinajstić information content (AvgIpc) is 2.94. The van der Waals surface area contributed by atoms with E-state index in [4.69, 9.17) is 0 Å². The molecule has 10 heteroatoms. The molecule has 0 atom stereocenters. The minimum atomic E-state index is -4.57. The van der Waals surface area contributed by atoms with Crippen LogP contribution in [0.1, 0.15) is 12.5 Å². The molecule has 3 aromatic rings. The molecule has 3 aromatic heterocycles. The van der Waals surface area contributed by atoms with E-state index in [2.05, 4.69) is 9.97 Å². The highest BCUT2D eigenvalue weighted by Crippen LogP contribution is 2.33. The van der Waals surface area contributed by atoms with E-state index in [0.29, 0.717) is 0 Å². The number of aromatic nitrogens is 3. The lowest BCUT2D eigenvalue weighted by Crippen LogP contribution is -2.10. The highest BCUT2D eigenvalue weighted by Gasteiger charge is 2.32. The number of hydrogen-bond acceptors (Lipinski definition) is 5. The summed E-state index contributed by atoms with van der Waals surface area (Å²) in [5.74, 6) is -0.390. The number of nitrogens with zero attached hydrogens (tertiary/aromatic N) is 3. The summed E-state index contributed by atoms with van der Waals surface area (Å²) in [7, 11) is -3.80. The maximum absolute atomic E-state index is 12.9. The van der Waals surface area contributed by atoms with Gasteiger partial charge >= 0.3 is 6.18 Å². The Morgan fingerprint density at radius 1 is 1.24 bits per heavy atom. The molecule has 0 aromatic carbocycles. The van der Waals surface area contributed by atoms with Gasteiger partial charge in [-0.25, -0.2) is 13.4 Å². The van der Waals surface area contributed by atoms with Crippen LogP contribution in [0, 0.1) is 0 Å². The van der Waals surface area contributed by atoms with E-state index in [1.165, 1.54) is 19.1 Å². The van der Waals surface area contributed by atoms with Crippen molar-refractivity contribution in [1.82, 2.24) is 14.4 Å². The topological polar surface area (TPSA) is 84.6 Å². The van der Waals surface area contributed by atoms with Crippen LogP contribution >= 0.6 is 0 Å². The van der Waals surface area contributed by atoms with Crippen molar-refractivity contribution in [3.8, 4) is 17.1 Å². The Morgan fingerprint density at radius 3 is 2.52 bits per heavy atom. The van der Waals surface area contributed by atoms with E-state index in [-0.39, 0.29) is 33.6 Å². The highest BCUT2D eigenvalue weighted by molar-refractivity contribution is 7.91. The van der Waals surface area contributed by atoms with Gasteiger partial charge in [0.15, 0.2) is 14.9 Å². The largest absolute Gasteiger partial charge is 0.506 e. The van der Waals surface area contributed by atoms with Crippen molar-refractivity contribution < 1.29 is 26.7 Å². The van der Waals surface area contributed by atoms with Gasteiger partial charge in [-0.1, -0.05) is 6.92 Å². The van der Waals surface area contributed by atoms with Crippen molar-refractivity contribution >= 4 is 15.5 Å². The van der Waals surface area contributed by atoms with Crippen LogP contribution in [0.15, 0.2) is 41.7 Å². The van der Waals surface area contributed by atoms with Crippen molar-refractivity contribution in [1.29, 1.82) is 0 Å². The Hall–Kier alpha value is -2.62. The highest BCUT2D eigenvalue weighted by atomic mass is 32.2. The molecule has 132 valence electrons. The number of alkyl halides is 3. The first-order chi connectivity index (χ1) is 11.6. The number of aromatic hydroxyl groups is 1. The van der Waals surface area contributed by atoms with Crippen molar-refractivity contribution in [2.75, 3.05) is 5.75 Å². The molecule has 0 aliphatic rings. The Balaban J connectivity index is 2.35. The van der Waals surface area contributed by atoms with E-state index >= 15 is 0 Å². The molecule has 3 heterocycles. The first-order valence-corrected chi connectivity index (χ1v) is 8.76. The number of hydrogen-bond donors (Lipinski definition) is 1. The van der Waals surface area contributed by atoms with Crippen molar-refractivity contribution in [2.45, 2.75) is 18.1 Å². The van der Waals surface area contributed by atoms with Gasteiger partial charge in [-0.05, 0) is 24.3 Å². The second-order valence-electron chi connectivity index (χ2n) is 5.21. The fourth-order valence-electron chi connectivity index (χ4n) is 2.33. The van der Waals surface area contributed by atoms with Crippen molar-refractivity contribution in [2.24, 2.45) is 0 Å². The molecule has 0 spiro atoms. The zero-order valence-corrected chi connectivity index (χ0v) is 13.6. The van der Waals surface area contributed by atoms with Gasteiger partial charge in [0.2, 0.25) is 0 Å². The lowest BCUT2D eigenvalue weighted by atomic mass is 10.2. The summed E-state index contributed by atoms with van der Waals surface area (Å²) in [6, 6.07) is 4.20. The molecule has 0 aliphatic heterocycles. The zero-order chi connectivity index (χ0) is 18.4. The maximum atomic E-state index is 12.9. The summed E-state index contributed by atoms with van der Waals surface area (Å²) in [5, 5.41) is 9.07. The van der Waals surface area contributed by atoms with Crippen LogP contribution in [0.25, 0.3) is 17.0 Å². The van der Waals surface area contributed by atoms with Crippen LogP contribution in [-0.2, 0) is 16.0 Å². The second kappa shape index (κ2) is 5.73. The second-order valence-corrected chi connectivity index (χ2v) is 7.41. The third-order valence-electron chi connectivity index (χ3n) is 3.57. The minimum Gasteiger partial charge on any atom is -0.506 e. The van der Waals surface area contributed by atoms with Crippen LogP contribution in [-0.4, -0.2) is 33.6 Å². The van der Waals surface area contributed by atoms with Crippen LogP contribution in [0.3, 0.4) is 0 Å². The van der Waals surface area contributed by atoms with Gasteiger partial charge in [-0.15, -0.1) is 0 Å². The molecule has 0 radical (unpaired) electrons. The SMILES string of the molecule is CCS(=O)(=O)c1c(-c2ccc(O)cn2)nc2cc(C(F)(F)F)ccn12. The lowest BCUT2D eigenvalue weighted by Gasteiger charge is -2.08. The molecule has 0 fully saturated rings. The third-order valence-corrected chi connectivity index (χ3v) is 5.31. The number of fused-ring (bicyclic) bond motifs is 1. The Bertz CT molecular complexity index is 1040. The summed E-state index contributed by atoms with van der Waals surface area (Å²) in [6.07, 6.45) is -2.45. The average molecular weight is 371 g/mol. The zero-order valence-electron chi connectivity index (χ0n) is 12.8. The molecule has 0 unspecified atom stereocenters. The van der Waals surface area contributed by atoms with Crippen LogP contribution in [0.5, 0.6) is 5.75 Å². The van der Waals surface area contributed by atoms with Gasteiger partial charge in [0.25, 0.3) is 0 Å². The minimum absolute atomic E-state index is 0.0684. The predicted molar refractivity (Wildman–Crippen MR) is 82.8 cm³/mol. The summed E-state index contributed by atoms with van der Waals surface area (Å²) in [6.45, 7) is 1.42. The molecule has 6 nitrogen and oxygen atoms in total. The molecule has 0 amide bonds. The fraction of sp³-hybridized carbons (Fsp3) is 0.200. The van der Waals surface area contributed by atoms with Gasteiger partial charge in [0.1, 0.15) is 17.1 Å². The standard InChI is InChI=1S/C15H12F3N3O3S/c1-2-25(23,24)14-13(11-4-3-10(22)8-19-11)20-12-7-9(15(16,17)18)5-6-21(12)14/h3-8,22H,2H2,1H3. The third kappa shape index (κ3) is 3.04. The molecular weight excluding hydrogens is 359 g/mol. The van der Waals surface area contributed by atoms with E-state index in [1.807, 2.05) is 0 Å². The van der Waals surface area contributed by atoms with Crippen LogP contribution in [0.4, 0.5) is 13.2 Å². The summed E-state index contributed by atoms with van der Waals surface area (Å²) < 4.78 is 64.7. The molecule has 3 rings (SSSR count). The quantitative estimate of drug-likeness (QED) is 0.765. The summed E-state index contributed by atoms with van der Waals surface area (Å²) in [5.41, 5.74) is -1.04. The fourth-order valence-corrected chi connectivity index (χ4v) is 3.50. The van der Waals surface area contributed by atoms with E-state index in [0.717, 1.165) is 28.9 Å². The molecule has 0 saturated carbocycles. The summed E-state index contributed by atoms with van der Waals surface area (Å²) >= 11 is 0. The molecule has 0 saturated heterocycles.